The van der Waals surface area contributed by atoms with E-state index >= 15 is 0 Å². The molecule has 98 valence electrons. The predicted molar refractivity (Wildman–Crippen MR) is 71.3 cm³/mol. The van der Waals surface area contributed by atoms with E-state index < -0.39 is 0 Å². The smallest absolute Gasteiger partial charge is 0.222 e. The number of methoxy groups -OCH3 is 1. The van der Waals surface area contributed by atoms with Gasteiger partial charge in [0.15, 0.2) is 0 Å². The zero-order valence-corrected chi connectivity index (χ0v) is 10.8. The molecule has 1 saturated heterocycles. The van der Waals surface area contributed by atoms with E-state index in [1.165, 1.54) is 0 Å². The number of carbonyl (C=O) groups is 1. The average molecular weight is 248 g/mol. The Morgan fingerprint density at radius 2 is 2.17 bits per heavy atom. The zero-order chi connectivity index (χ0) is 13.0. The summed E-state index contributed by atoms with van der Waals surface area (Å²) >= 11 is 0. The number of carbonyl (C=O) groups excluding carboxylic acids is 1. The van der Waals surface area contributed by atoms with Gasteiger partial charge in [0.1, 0.15) is 5.75 Å². The number of likely N-dealkylation sites (tertiary alicyclic amines) is 1. The summed E-state index contributed by atoms with van der Waals surface area (Å²) in [5, 5.41) is 0. The second-order valence-electron chi connectivity index (χ2n) is 4.70. The van der Waals surface area contributed by atoms with Crippen LogP contribution in [0.3, 0.4) is 0 Å². The van der Waals surface area contributed by atoms with Gasteiger partial charge in [-0.15, -0.1) is 0 Å². The molecule has 2 N–H and O–H groups in total. The van der Waals surface area contributed by atoms with Crippen molar-refractivity contribution >= 4 is 11.6 Å². The van der Waals surface area contributed by atoms with Crippen LogP contribution in [0.5, 0.6) is 5.75 Å². The van der Waals surface area contributed by atoms with Gasteiger partial charge < -0.3 is 15.4 Å². The van der Waals surface area contributed by atoms with Crippen molar-refractivity contribution in [1.29, 1.82) is 0 Å². The van der Waals surface area contributed by atoms with Crippen molar-refractivity contribution < 1.29 is 9.53 Å². The van der Waals surface area contributed by atoms with Gasteiger partial charge in [0.25, 0.3) is 0 Å². The van der Waals surface area contributed by atoms with Gasteiger partial charge >= 0.3 is 0 Å². The highest BCUT2D eigenvalue weighted by Crippen LogP contribution is 2.23. The Hall–Kier alpha value is -1.71. The molecule has 0 unspecified atom stereocenters. The third-order valence-corrected chi connectivity index (χ3v) is 3.34. The SMILES string of the molecule is COc1ccc(CN2CCCCCC2=O)cc1N. The molecule has 1 heterocycles. The highest BCUT2D eigenvalue weighted by molar-refractivity contribution is 5.76. The highest BCUT2D eigenvalue weighted by atomic mass is 16.5. The van der Waals surface area contributed by atoms with E-state index in [1.54, 1.807) is 7.11 Å². The van der Waals surface area contributed by atoms with Crippen molar-refractivity contribution in [1.82, 2.24) is 4.90 Å². The minimum atomic E-state index is 0.252. The van der Waals surface area contributed by atoms with Crippen LogP contribution in [0, 0.1) is 0 Å². The van der Waals surface area contributed by atoms with Gasteiger partial charge in [0.05, 0.1) is 12.8 Å². The fourth-order valence-electron chi connectivity index (χ4n) is 2.31. The van der Waals surface area contributed by atoms with Crippen LogP contribution in [-0.4, -0.2) is 24.5 Å². The van der Waals surface area contributed by atoms with E-state index in [0.29, 0.717) is 24.4 Å². The summed E-state index contributed by atoms with van der Waals surface area (Å²) in [5.74, 6) is 0.933. The molecule has 2 rings (SSSR count). The van der Waals surface area contributed by atoms with E-state index in [1.807, 2.05) is 23.1 Å². The van der Waals surface area contributed by atoms with Crippen LogP contribution in [0.25, 0.3) is 0 Å². The van der Waals surface area contributed by atoms with E-state index in [9.17, 15) is 4.79 Å². The summed E-state index contributed by atoms with van der Waals surface area (Å²) in [7, 11) is 1.60. The van der Waals surface area contributed by atoms with E-state index in [0.717, 1.165) is 31.4 Å². The number of nitrogens with two attached hydrogens (primary N) is 1. The molecule has 0 radical (unpaired) electrons. The van der Waals surface area contributed by atoms with Crippen LogP contribution in [-0.2, 0) is 11.3 Å². The third-order valence-electron chi connectivity index (χ3n) is 3.34. The Balaban J connectivity index is 2.08. The second-order valence-corrected chi connectivity index (χ2v) is 4.70. The minimum absolute atomic E-state index is 0.252. The Bertz CT molecular complexity index is 432. The standard InChI is InChI=1S/C14H20N2O2/c1-18-13-7-6-11(9-12(13)15)10-16-8-4-2-3-5-14(16)17/h6-7,9H,2-5,8,10,15H2,1H3. The fraction of sp³-hybridized carbons (Fsp3) is 0.500. The molecule has 0 saturated carbocycles. The van der Waals surface area contributed by atoms with Gasteiger partial charge in [-0.2, -0.15) is 0 Å². The van der Waals surface area contributed by atoms with Gasteiger partial charge in [-0.05, 0) is 30.5 Å². The quantitative estimate of drug-likeness (QED) is 0.834. The lowest BCUT2D eigenvalue weighted by Crippen LogP contribution is -2.29. The Morgan fingerprint density at radius 1 is 1.33 bits per heavy atom. The summed E-state index contributed by atoms with van der Waals surface area (Å²) in [6.07, 6.45) is 3.93. The number of benzene rings is 1. The first-order valence-corrected chi connectivity index (χ1v) is 6.41. The van der Waals surface area contributed by atoms with Gasteiger partial charge in [-0.1, -0.05) is 12.5 Å². The number of nitrogen functional groups attached to an aromatic ring is 1. The highest BCUT2D eigenvalue weighted by Gasteiger charge is 2.16. The number of hydrogen-bond acceptors (Lipinski definition) is 3. The molecule has 0 aromatic heterocycles. The van der Waals surface area contributed by atoms with Crippen LogP contribution >= 0.6 is 0 Å². The first kappa shape index (κ1) is 12.7. The van der Waals surface area contributed by atoms with Gasteiger partial charge in [-0.25, -0.2) is 0 Å². The lowest BCUT2D eigenvalue weighted by molar-refractivity contribution is -0.131. The number of anilines is 1. The summed E-state index contributed by atoms with van der Waals surface area (Å²) in [4.78, 5) is 13.8. The number of hydrogen-bond donors (Lipinski definition) is 1. The molecular weight excluding hydrogens is 228 g/mol. The molecular formula is C14H20N2O2. The number of ether oxygens (including phenoxy) is 1. The molecule has 1 amide bonds. The zero-order valence-electron chi connectivity index (χ0n) is 10.8. The Morgan fingerprint density at radius 3 is 2.89 bits per heavy atom. The van der Waals surface area contributed by atoms with E-state index in [2.05, 4.69) is 0 Å². The normalized spacial score (nSPS) is 16.5. The molecule has 0 spiro atoms. The predicted octanol–water partition coefficient (Wildman–Crippen LogP) is 2.18. The Labute approximate surface area is 108 Å². The molecule has 4 heteroatoms. The van der Waals surface area contributed by atoms with Crippen molar-refractivity contribution in [3.63, 3.8) is 0 Å². The molecule has 0 bridgehead atoms. The molecule has 1 fully saturated rings. The third kappa shape index (κ3) is 2.94. The van der Waals surface area contributed by atoms with Crippen LogP contribution in [0.1, 0.15) is 31.2 Å². The molecule has 1 aromatic rings. The molecule has 18 heavy (non-hydrogen) atoms. The van der Waals surface area contributed by atoms with E-state index in [-0.39, 0.29) is 5.91 Å². The summed E-state index contributed by atoms with van der Waals surface area (Å²) in [5.41, 5.74) is 7.56. The van der Waals surface area contributed by atoms with Crippen molar-refractivity contribution in [3.05, 3.63) is 23.8 Å². The van der Waals surface area contributed by atoms with Crippen LogP contribution in [0.4, 0.5) is 5.69 Å². The van der Waals surface area contributed by atoms with E-state index in [4.69, 9.17) is 10.5 Å². The molecule has 1 aromatic carbocycles. The topological polar surface area (TPSA) is 55.6 Å². The maximum absolute atomic E-state index is 11.9. The molecule has 0 atom stereocenters. The summed E-state index contributed by atoms with van der Waals surface area (Å²) < 4.78 is 5.13. The van der Waals surface area contributed by atoms with Crippen molar-refractivity contribution in [2.45, 2.75) is 32.2 Å². The molecule has 1 aliphatic heterocycles. The second kappa shape index (κ2) is 5.76. The maximum Gasteiger partial charge on any atom is 0.222 e. The van der Waals surface area contributed by atoms with Crippen LogP contribution in [0.2, 0.25) is 0 Å². The lowest BCUT2D eigenvalue weighted by Gasteiger charge is -2.21. The Kier molecular flexibility index (Phi) is 4.07. The average Bonchev–Trinajstić information content (AvgIpc) is 2.55. The van der Waals surface area contributed by atoms with Crippen molar-refractivity contribution in [3.8, 4) is 5.75 Å². The largest absolute Gasteiger partial charge is 0.495 e. The summed E-state index contributed by atoms with van der Waals surface area (Å²) in [6, 6.07) is 5.71. The number of rotatable bonds is 3. The monoisotopic (exact) mass is 248 g/mol. The fourth-order valence-corrected chi connectivity index (χ4v) is 2.31. The minimum Gasteiger partial charge on any atom is -0.495 e. The molecule has 4 nitrogen and oxygen atoms in total. The van der Waals surface area contributed by atoms with Gasteiger partial charge in [0, 0.05) is 19.5 Å². The van der Waals surface area contributed by atoms with Crippen LogP contribution < -0.4 is 10.5 Å². The number of nitrogens with zero attached hydrogens (tertiary/aromatic N) is 1. The first-order chi connectivity index (χ1) is 8.70. The van der Waals surface area contributed by atoms with Crippen LogP contribution in [0.15, 0.2) is 18.2 Å². The number of amides is 1. The van der Waals surface area contributed by atoms with Gasteiger partial charge in [-0.3, -0.25) is 4.79 Å². The first-order valence-electron chi connectivity index (χ1n) is 6.41. The van der Waals surface area contributed by atoms with Crippen molar-refractivity contribution in [2.24, 2.45) is 0 Å². The summed E-state index contributed by atoms with van der Waals surface area (Å²) in [6.45, 7) is 1.50. The van der Waals surface area contributed by atoms with Crippen molar-refractivity contribution in [2.75, 3.05) is 19.4 Å². The lowest BCUT2D eigenvalue weighted by atomic mass is 10.1. The molecule has 1 aliphatic rings. The maximum atomic E-state index is 11.9. The molecule has 0 aliphatic carbocycles. The van der Waals surface area contributed by atoms with Gasteiger partial charge in [0.2, 0.25) is 5.91 Å².